The summed E-state index contributed by atoms with van der Waals surface area (Å²) in [6.45, 7) is 9.11. The number of halogens is 1. The number of hydrogen-bond donors (Lipinski definition) is 1. The number of nitrogens with zero attached hydrogens (tertiary/aromatic N) is 2. The molecular weight excluding hydrogens is 470 g/mol. The van der Waals surface area contributed by atoms with Crippen molar-refractivity contribution in [2.75, 3.05) is 23.3 Å². The van der Waals surface area contributed by atoms with Crippen molar-refractivity contribution >= 4 is 63.4 Å². The van der Waals surface area contributed by atoms with Gasteiger partial charge in [-0.1, -0.05) is 29.8 Å². The first kappa shape index (κ1) is 24.1. The quantitative estimate of drug-likeness (QED) is 0.512. The van der Waals surface area contributed by atoms with Gasteiger partial charge in [0, 0.05) is 28.5 Å². The van der Waals surface area contributed by atoms with Crippen molar-refractivity contribution in [1.82, 2.24) is 4.90 Å². The number of fused-ring (bicyclic) bond motifs is 1. The first-order valence-electron chi connectivity index (χ1n) is 11.0. The summed E-state index contributed by atoms with van der Waals surface area (Å²) in [4.78, 5) is 41.4. The van der Waals surface area contributed by atoms with Gasteiger partial charge >= 0.3 is 0 Å². The van der Waals surface area contributed by atoms with Gasteiger partial charge in [-0.05, 0) is 87.0 Å². The van der Waals surface area contributed by atoms with E-state index in [-0.39, 0.29) is 12.1 Å². The first-order chi connectivity index (χ1) is 16.1. The van der Waals surface area contributed by atoms with Gasteiger partial charge in [-0.2, -0.15) is 0 Å². The molecule has 0 spiro atoms. The van der Waals surface area contributed by atoms with Crippen LogP contribution in [-0.4, -0.2) is 40.6 Å². The van der Waals surface area contributed by atoms with Gasteiger partial charge in [-0.15, -0.1) is 0 Å². The lowest BCUT2D eigenvalue weighted by atomic mass is 9.88. The largest absolute Gasteiger partial charge is 0.363 e. The molecular formula is C26H26ClN3O3S. The molecule has 34 heavy (non-hydrogen) atoms. The molecule has 1 saturated heterocycles. The lowest BCUT2D eigenvalue weighted by Crippen LogP contribution is -2.44. The van der Waals surface area contributed by atoms with E-state index in [4.69, 9.17) is 11.6 Å². The van der Waals surface area contributed by atoms with Crippen LogP contribution in [0, 0.1) is 0 Å². The molecule has 2 aromatic rings. The Labute approximate surface area is 208 Å². The Kier molecular flexibility index (Phi) is 6.60. The van der Waals surface area contributed by atoms with Crippen LogP contribution in [0.25, 0.3) is 11.6 Å². The fraction of sp³-hybridized carbons (Fsp3) is 0.269. The molecule has 0 aromatic heterocycles. The summed E-state index contributed by atoms with van der Waals surface area (Å²) < 4.78 is 0. The zero-order valence-electron chi connectivity index (χ0n) is 19.5. The van der Waals surface area contributed by atoms with E-state index in [2.05, 4.69) is 50.1 Å². The van der Waals surface area contributed by atoms with Gasteiger partial charge in [0.1, 0.15) is 6.54 Å². The monoisotopic (exact) mass is 495 g/mol. The molecule has 2 aromatic carbocycles. The fourth-order valence-electron chi connectivity index (χ4n) is 4.47. The van der Waals surface area contributed by atoms with E-state index < -0.39 is 17.1 Å². The summed E-state index contributed by atoms with van der Waals surface area (Å²) in [5.41, 5.74) is 4.68. The van der Waals surface area contributed by atoms with Crippen LogP contribution in [0.3, 0.4) is 0 Å². The number of carbonyl (C=O) groups is 3. The molecule has 6 nitrogen and oxygen atoms in total. The van der Waals surface area contributed by atoms with Gasteiger partial charge in [-0.25, -0.2) is 0 Å². The molecule has 2 aliphatic heterocycles. The van der Waals surface area contributed by atoms with E-state index >= 15 is 0 Å². The van der Waals surface area contributed by atoms with Crippen molar-refractivity contribution in [3.8, 4) is 0 Å². The van der Waals surface area contributed by atoms with Gasteiger partial charge in [0.15, 0.2) is 0 Å². The van der Waals surface area contributed by atoms with Gasteiger partial charge in [0.2, 0.25) is 5.91 Å². The highest BCUT2D eigenvalue weighted by Gasteiger charge is 2.36. The summed E-state index contributed by atoms with van der Waals surface area (Å²) >= 11 is 6.78. The summed E-state index contributed by atoms with van der Waals surface area (Å²) in [6.07, 6.45) is 3.96. The lowest BCUT2D eigenvalue weighted by Gasteiger charge is -2.42. The Morgan fingerprint density at radius 2 is 1.94 bits per heavy atom. The molecule has 0 bridgehead atoms. The van der Waals surface area contributed by atoms with Crippen molar-refractivity contribution in [3.05, 3.63) is 69.6 Å². The van der Waals surface area contributed by atoms with Crippen LogP contribution in [0.2, 0.25) is 5.02 Å². The van der Waals surface area contributed by atoms with Crippen molar-refractivity contribution in [2.24, 2.45) is 0 Å². The number of likely N-dealkylation sites (N-methyl/N-ethyl adjacent to an activating group) is 1. The number of benzene rings is 2. The molecule has 0 aliphatic carbocycles. The van der Waals surface area contributed by atoms with E-state index in [1.165, 1.54) is 5.57 Å². The van der Waals surface area contributed by atoms with Crippen molar-refractivity contribution in [3.63, 3.8) is 0 Å². The minimum absolute atomic E-state index is 0.0817. The Morgan fingerprint density at radius 3 is 2.65 bits per heavy atom. The van der Waals surface area contributed by atoms with Crippen LogP contribution >= 0.6 is 23.4 Å². The van der Waals surface area contributed by atoms with E-state index in [1.807, 2.05) is 12.1 Å². The Hall–Kier alpha value is -3.03. The predicted octanol–water partition coefficient (Wildman–Crippen LogP) is 6.04. The third kappa shape index (κ3) is 4.76. The summed E-state index contributed by atoms with van der Waals surface area (Å²) in [5, 5.41) is 2.67. The zero-order valence-corrected chi connectivity index (χ0v) is 21.1. The molecule has 1 fully saturated rings. The molecule has 0 atom stereocenters. The Morgan fingerprint density at radius 1 is 1.18 bits per heavy atom. The topological polar surface area (TPSA) is 69.7 Å². The third-order valence-corrected chi connectivity index (χ3v) is 7.04. The molecule has 8 heteroatoms. The summed E-state index contributed by atoms with van der Waals surface area (Å²) in [6, 6.07) is 12.7. The number of amides is 3. The van der Waals surface area contributed by atoms with Crippen LogP contribution in [0.15, 0.2) is 53.4 Å². The second kappa shape index (κ2) is 9.31. The highest BCUT2D eigenvalue weighted by atomic mass is 35.5. The summed E-state index contributed by atoms with van der Waals surface area (Å²) in [7, 11) is 0. The van der Waals surface area contributed by atoms with Crippen molar-refractivity contribution in [1.29, 1.82) is 0 Å². The van der Waals surface area contributed by atoms with E-state index in [1.54, 1.807) is 30.3 Å². The molecule has 0 unspecified atom stereocenters. The van der Waals surface area contributed by atoms with Gasteiger partial charge in [0.05, 0.1) is 10.4 Å². The van der Waals surface area contributed by atoms with Crippen LogP contribution in [0.5, 0.6) is 0 Å². The maximum atomic E-state index is 12.9. The molecule has 3 amide bonds. The number of hydrogen-bond acceptors (Lipinski definition) is 5. The number of imide groups is 1. The zero-order chi connectivity index (χ0) is 24.6. The number of carbonyl (C=O) groups excluding carboxylic acids is 3. The lowest BCUT2D eigenvalue weighted by molar-refractivity contribution is -0.127. The predicted molar refractivity (Wildman–Crippen MR) is 140 cm³/mol. The number of allylic oxidation sites excluding steroid dienone is 1. The molecule has 0 radical (unpaired) electrons. The number of thioether (sulfide) groups is 1. The fourth-order valence-corrected chi connectivity index (χ4v) is 5.50. The molecule has 176 valence electrons. The molecule has 0 saturated carbocycles. The van der Waals surface area contributed by atoms with Crippen LogP contribution in [0.4, 0.5) is 16.2 Å². The first-order valence-corrected chi connectivity index (χ1v) is 12.2. The SMILES string of the molecule is CCN1c2ccc(/C=C3\SC(=O)N(CC(=O)Nc4cccc(Cl)c4)C3=O)cc2C(C)=CC1(C)C. The van der Waals surface area contributed by atoms with E-state index in [9.17, 15) is 14.4 Å². The molecule has 1 N–H and O–H groups in total. The van der Waals surface area contributed by atoms with Crippen molar-refractivity contribution in [2.45, 2.75) is 33.2 Å². The van der Waals surface area contributed by atoms with Crippen molar-refractivity contribution < 1.29 is 14.4 Å². The second-order valence-corrected chi connectivity index (χ2v) is 10.3. The van der Waals surface area contributed by atoms with E-state index in [0.29, 0.717) is 15.6 Å². The second-order valence-electron chi connectivity index (χ2n) is 8.83. The van der Waals surface area contributed by atoms with Gasteiger partial charge in [-0.3, -0.25) is 19.3 Å². The normalized spacial score (nSPS) is 18.3. The van der Waals surface area contributed by atoms with Crippen LogP contribution in [-0.2, 0) is 9.59 Å². The van der Waals surface area contributed by atoms with Gasteiger partial charge < -0.3 is 10.2 Å². The van der Waals surface area contributed by atoms with E-state index in [0.717, 1.165) is 40.0 Å². The number of nitrogens with one attached hydrogen (secondary N) is 1. The van der Waals surface area contributed by atoms with Crippen LogP contribution < -0.4 is 10.2 Å². The smallest absolute Gasteiger partial charge is 0.294 e. The maximum absolute atomic E-state index is 12.9. The average Bonchev–Trinajstić information content (AvgIpc) is 3.01. The molecule has 2 heterocycles. The minimum atomic E-state index is -0.474. The minimum Gasteiger partial charge on any atom is -0.363 e. The number of rotatable bonds is 5. The highest BCUT2D eigenvalue weighted by molar-refractivity contribution is 8.18. The summed E-state index contributed by atoms with van der Waals surface area (Å²) in [5.74, 6) is -0.944. The maximum Gasteiger partial charge on any atom is 0.294 e. The molecule has 2 aliphatic rings. The van der Waals surface area contributed by atoms with Gasteiger partial charge in [0.25, 0.3) is 11.1 Å². The van der Waals surface area contributed by atoms with Crippen LogP contribution in [0.1, 0.15) is 38.8 Å². The Bertz CT molecular complexity index is 1250. The standard InChI is InChI=1S/C26H26ClN3O3S/c1-5-30-21-10-9-17(11-20(21)16(2)14-26(30,3)4)12-22-24(32)29(25(33)34-22)15-23(31)28-19-8-6-7-18(27)13-19/h6-14H,5,15H2,1-4H3,(H,28,31)/b22-12-. The third-order valence-electron chi connectivity index (χ3n) is 5.90. The average molecular weight is 496 g/mol. The highest BCUT2D eigenvalue weighted by Crippen LogP contribution is 2.40. The number of anilines is 2. The Balaban J connectivity index is 1.52. The molecule has 4 rings (SSSR count).